The first-order chi connectivity index (χ1) is 23.8. The van der Waals surface area contributed by atoms with Gasteiger partial charge in [-0.05, 0) is 61.2 Å². The highest BCUT2D eigenvalue weighted by Crippen LogP contribution is 2.48. The second kappa shape index (κ2) is 27.1. The molecule has 0 bridgehead atoms. The molecule has 0 aliphatic rings. The Morgan fingerprint density at radius 2 is 0.680 bits per heavy atom. The maximum atomic E-state index is 10.8. The van der Waals surface area contributed by atoms with Crippen LogP contribution in [0.15, 0.2) is 0 Å². The molecule has 4 heteroatoms. The first-order valence-electron chi connectivity index (χ1n) is 21.5. The quantitative estimate of drug-likeness (QED) is 0.0756. The third-order valence-corrected chi connectivity index (χ3v) is 12.2. The van der Waals surface area contributed by atoms with Gasteiger partial charge in [0, 0.05) is 11.1 Å². The highest BCUT2D eigenvalue weighted by Gasteiger charge is 2.23. The average molecular weight is 703 g/mol. The number of phenols is 2. The number of hydrogen-bond donors (Lipinski definition) is 2. The van der Waals surface area contributed by atoms with Crippen LogP contribution in [0.3, 0.4) is 0 Å². The van der Waals surface area contributed by atoms with E-state index >= 15 is 0 Å². The Bertz CT molecular complexity index is 989. The molecule has 0 radical (unpaired) electrons. The van der Waals surface area contributed by atoms with Crippen molar-refractivity contribution >= 4 is 0 Å². The minimum atomic E-state index is 0.0574. The molecule has 4 nitrogen and oxygen atoms in total. The van der Waals surface area contributed by atoms with Gasteiger partial charge in [0.15, 0.2) is 11.5 Å². The Hall–Kier alpha value is -1.58. The lowest BCUT2D eigenvalue weighted by molar-refractivity contribution is 0.313. The van der Waals surface area contributed by atoms with Gasteiger partial charge in [-0.3, -0.25) is 0 Å². The first-order valence-corrected chi connectivity index (χ1v) is 21.5. The van der Waals surface area contributed by atoms with E-state index in [-0.39, 0.29) is 23.0 Å². The number of rotatable bonds is 31. The Morgan fingerprint density at radius 1 is 0.420 bits per heavy atom. The van der Waals surface area contributed by atoms with E-state index in [0.29, 0.717) is 11.5 Å². The smallest absolute Gasteiger partial charge is 0.207 e. The van der Waals surface area contributed by atoms with Crippen LogP contribution in [0.5, 0.6) is 23.0 Å². The van der Waals surface area contributed by atoms with Crippen LogP contribution in [0, 0.1) is 48.3 Å². The Morgan fingerprint density at radius 3 is 0.960 bits per heavy atom. The van der Waals surface area contributed by atoms with Crippen molar-refractivity contribution in [1.82, 2.24) is 0 Å². The molecule has 7 atom stereocenters. The molecule has 2 N–H and O–H groups in total. The predicted octanol–water partition coefficient (Wildman–Crippen LogP) is 14.6. The van der Waals surface area contributed by atoms with Crippen LogP contribution < -0.4 is 9.47 Å². The molecule has 0 amide bonds. The molecule has 0 aromatic heterocycles. The molecule has 50 heavy (non-hydrogen) atoms. The van der Waals surface area contributed by atoms with Crippen LogP contribution in [-0.2, 0) is 6.42 Å². The molecular weight excluding hydrogens is 617 g/mol. The van der Waals surface area contributed by atoms with E-state index < -0.39 is 0 Å². The van der Waals surface area contributed by atoms with Crippen molar-refractivity contribution in [3.8, 4) is 23.0 Å². The zero-order valence-electron chi connectivity index (χ0n) is 35.3. The van der Waals surface area contributed by atoms with Gasteiger partial charge in [-0.15, -0.1) is 0 Å². The summed E-state index contributed by atoms with van der Waals surface area (Å²) in [6.45, 7) is 21.3. The maximum Gasteiger partial charge on any atom is 0.207 e. The minimum absolute atomic E-state index is 0.0574. The Kier molecular flexibility index (Phi) is 25.2. The van der Waals surface area contributed by atoms with Gasteiger partial charge in [-0.25, -0.2) is 0 Å². The van der Waals surface area contributed by atoms with Crippen LogP contribution in [0.2, 0.25) is 0 Å². The van der Waals surface area contributed by atoms with Crippen LogP contribution in [-0.4, -0.2) is 24.4 Å². The van der Waals surface area contributed by atoms with E-state index in [2.05, 4.69) is 55.4 Å². The molecule has 0 saturated carbocycles. The highest BCUT2D eigenvalue weighted by atomic mass is 16.5. The zero-order valence-corrected chi connectivity index (χ0v) is 35.3. The molecule has 1 aromatic carbocycles. The van der Waals surface area contributed by atoms with Crippen molar-refractivity contribution in [2.75, 3.05) is 14.2 Å². The van der Waals surface area contributed by atoms with Gasteiger partial charge in [-0.2, -0.15) is 0 Å². The number of ether oxygens (including phenoxy) is 2. The zero-order chi connectivity index (χ0) is 37.5. The summed E-state index contributed by atoms with van der Waals surface area (Å²) in [6.07, 6.45) is 29.4. The topological polar surface area (TPSA) is 58.9 Å². The fourth-order valence-corrected chi connectivity index (χ4v) is 8.31. The largest absolute Gasteiger partial charge is 0.504 e. The van der Waals surface area contributed by atoms with Crippen molar-refractivity contribution in [3.63, 3.8) is 0 Å². The summed E-state index contributed by atoms with van der Waals surface area (Å²) < 4.78 is 10.6. The molecule has 0 aliphatic carbocycles. The molecule has 1 rings (SSSR count). The van der Waals surface area contributed by atoms with Crippen molar-refractivity contribution in [1.29, 1.82) is 0 Å². The normalized spacial score (nSPS) is 16.1. The van der Waals surface area contributed by atoms with E-state index in [1.165, 1.54) is 143 Å². The van der Waals surface area contributed by atoms with Gasteiger partial charge < -0.3 is 19.7 Å². The van der Waals surface area contributed by atoms with Gasteiger partial charge in [0.25, 0.3) is 0 Å². The molecule has 0 heterocycles. The number of phenolic OH excluding ortho intramolecular Hbond substituents is 2. The lowest BCUT2D eigenvalue weighted by Gasteiger charge is -2.19. The van der Waals surface area contributed by atoms with Crippen LogP contribution in [0.25, 0.3) is 0 Å². The minimum Gasteiger partial charge on any atom is -0.504 e. The first kappa shape index (κ1) is 46.4. The van der Waals surface area contributed by atoms with Crippen LogP contribution >= 0.6 is 0 Å². The molecule has 0 spiro atoms. The average Bonchev–Trinajstić information content (AvgIpc) is 3.06. The van der Waals surface area contributed by atoms with Crippen LogP contribution in [0.1, 0.15) is 201 Å². The van der Waals surface area contributed by atoms with Gasteiger partial charge in [-0.1, -0.05) is 184 Å². The molecule has 0 aliphatic heterocycles. The Balaban J connectivity index is 2.11. The van der Waals surface area contributed by atoms with E-state index in [4.69, 9.17) is 9.47 Å². The molecule has 0 fully saturated rings. The third-order valence-electron chi connectivity index (χ3n) is 12.2. The molecular formula is C46H86O4. The fraction of sp³-hybridized carbons (Fsp3) is 0.870. The lowest BCUT2D eigenvalue weighted by atomic mass is 9.88. The van der Waals surface area contributed by atoms with E-state index in [9.17, 15) is 10.2 Å². The summed E-state index contributed by atoms with van der Waals surface area (Å²) in [5.41, 5.74) is 1.44. The van der Waals surface area contributed by atoms with Crippen molar-refractivity contribution in [2.45, 2.75) is 204 Å². The molecule has 294 valence electrons. The summed E-state index contributed by atoms with van der Waals surface area (Å²) in [4.78, 5) is 0. The van der Waals surface area contributed by atoms with Crippen molar-refractivity contribution < 1.29 is 19.7 Å². The number of hydrogen-bond acceptors (Lipinski definition) is 4. The standard InChI is InChI=1S/C46H86O4/c1-12-19-34(2)20-13-21-35(3)22-14-23-36(4)24-15-25-37(5)26-16-27-38(6)28-17-29-39(7)30-18-31-40(8)32-33-42-41(9)43(47)45(49-10)46(50-11)44(42)48/h34-40,47-48H,12-33H2,1-11H3. The molecule has 7 unspecified atom stereocenters. The second-order valence-corrected chi connectivity index (χ2v) is 17.5. The number of methoxy groups -OCH3 is 2. The van der Waals surface area contributed by atoms with E-state index in [1.54, 1.807) is 0 Å². The van der Waals surface area contributed by atoms with E-state index in [0.717, 1.165) is 53.9 Å². The molecule has 0 saturated heterocycles. The maximum absolute atomic E-state index is 10.8. The fourth-order valence-electron chi connectivity index (χ4n) is 8.31. The Labute approximate surface area is 312 Å². The summed E-state index contributed by atoms with van der Waals surface area (Å²) in [5, 5.41) is 21.3. The monoisotopic (exact) mass is 703 g/mol. The van der Waals surface area contributed by atoms with E-state index in [1.807, 2.05) is 6.92 Å². The summed E-state index contributed by atoms with van der Waals surface area (Å²) in [6, 6.07) is 0. The predicted molar refractivity (Wildman–Crippen MR) is 218 cm³/mol. The van der Waals surface area contributed by atoms with Gasteiger partial charge in [0.1, 0.15) is 0 Å². The van der Waals surface area contributed by atoms with Crippen LogP contribution in [0.4, 0.5) is 0 Å². The number of aromatic hydroxyl groups is 2. The summed E-state index contributed by atoms with van der Waals surface area (Å²) >= 11 is 0. The number of benzene rings is 1. The molecule has 1 aromatic rings. The van der Waals surface area contributed by atoms with Gasteiger partial charge in [0.05, 0.1) is 14.2 Å². The third kappa shape index (κ3) is 19.3. The summed E-state index contributed by atoms with van der Waals surface area (Å²) in [5.74, 6) is 6.40. The van der Waals surface area contributed by atoms with Gasteiger partial charge in [0.2, 0.25) is 11.5 Å². The van der Waals surface area contributed by atoms with Gasteiger partial charge >= 0.3 is 0 Å². The van der Waals surface area contributed by atoms with Crippen molar-refractivity contribution in [3.05, 3.63) is 11.1 Å². The lowest BCUT2D eigenvalue weighted by Crippen LogP contribution is -2.04. The highest BCUT2D eigenvalue weighted by molar-refractivity contribution is 5.65. The SMILES string of the molecule is CCCC(C)CCCC(C)CCCC(C)CCCC(C)CCCC(C)CCCC(C)CCCC(C)CCc1c(C)c(O)c(OC)c(OC)c1O. The summed E-state index contributed by atoms with van der Waals surface area (Å²) in [7, 11) is 2.97. The second-order valence-electron chi connectivity index (χ2n) is 17.5. The van der Waals surface area contributed by atoms with Crippen molar-refractivity contribution in [2.24, 2.45) is 41.4 Å².